The molecule has 2 unspecified atom stereocenters. The molecule has 0 aliphatic carbocycles. The fourth-order valence-corrected chi connectivity index (χ4v) is 1.18. The van der Waals surface area contributed by atoms with Gasteiger partial charge in [0.2, 0.25) is 0 Å². The van der Waals surface area contributed by atoms with E-state index in [2.05, 4.69) is 10.4 Å². The van der Waals surface area contributed by atoms with Gasteiger partial charge in [0, 0.05) is 18.8 Å². The van der Waals surface area contributed by atoms with E-state index in [4.69, 9.17) is 5.11 Å². The average Bonchev–Trinajstić information content (AvgIpc) is 2.27. The van der Waals surface area contributed by atoms with E-state index in [1.54, 1.807) is 6.21 Å². The third-order valence-corrected chi connectivity index (χ3v) is 1.64. The normalized spacial score (nSPS) is 36.7. The number of fused-ring (bicyclic) bond motifs is 1. The van der Waals surface area contributed by atoms with Crippen molar-refractivity contribution < 1.29 is 5.11 Å². The molecule has 4 heteroatoms. The first-order valence-electron chi connectivity index (χ1n) is 3.29. The maximum absolute atomic E-state index is 9.10. The second-order valence-corrected chi connectivity index (χ2v) is 2.41. The van der Waals surface area contributed by atoms with E-state index in [-0.39, 0.29) is 6.17 Å². The Hall–Kier alpha value is -0.870. The highest BCUT2D eigenvalue weighted by molar-refractivity contribution is 5.71. The fraction of sp³-hybridized carbons (Fsp3) is 0.500. The molecule has 0 saturated carbocycles. The van der Waals surface area contributed by atoms with Gasteiger partial charge in [0.05, 0.1) is 0 Å². The zero-order valence-electron chi connectivity index (χ0n) is 5.44. The SMILES string of the molecule is OC1CC2N=CC=CN2N1. The van der Waals surface area contributed by atoms with Crippen molar-refractivity contribution >= 4 is 6.21 Å². The van der Waals surface area contributed by atoms with Gasteiger partial charge in [0.25, 0.3) is 0 Å². The molecule has 0 aromatic heterocycles. The molecule has 2 N–H and O–H groups in total. The number of allylic oxidation sites excluding steroid dienone is 1. The number of rotatable bonds is 0. The zero-order chi connectivity index (χ0) is 6.97. The number of aliphatic imine (C=N–C) groups is 1. The maximum atomic E-state index is 9.10. The lowest BCUT2D eigenvalue weighted by atomic mass is 10.3. The molecule has 10 heavy (non-hydrogen) atoms. The molecule has 0 spiro atoms. The van der Waals surface area contributed by atoms with Crippen molar-refractivity contribution in [1.29, 1.82) is 0 Å². The molecule has 0 amide bonds. The summed E-state index contributed by atoms with van der Waals surface area (Å²) in [6, 6.07) is 0. The largest absolute Gasteiger partial charge is 0.377 e. The first-order valence-corrected chi connectivity index (χ1v) is 3.29. The van der Waals surface area contributed by atoms with Crippen LogP contribution in [0.25, 0.3) is 0 Å². The summed E-state index contributed by atoms with van der Waals surface area (Å²) in [7, 11) is 0. The van der Waals surface area contributed by atoms with Crippen molar-refractivity contribution in [2.75, 3.05) is 0 Å². The summed E-state index contributed by atoms with van der Waals surface area (Å²) in [5, 5.41) is 10.9. The molecule has 4 nitrogen and oxygen atoms in total. The molecule has 1 fully saturated rings. The first kappa shape index (κ1) is 5.88. The van der Waals surface area contributed by atoms with Gasteiger partial charge in [-0.2, -0.15) is 0 Å². The first-order chi connectivity index (χ1) is 4.86. The summed E-state index contributed by atoms with van der Waals surface area (Å²) in [5.41, 5.74) is 2.84. The number of aliphatic hydroxyl groups is 1. The zero-order valence-corrected chi connectivity index (χ0v) is 5.44. The Labute approximate surface area is 58.8 Å². The van der Waals surface area contributed by atoms with Gasteiger partial charge in [0.1, 0.15) is 12.4 Å². The number of nitrogens with zero attached hydrogens (tertiary/aromatic N) is 2. The predicted octanol–water partition coefficient (Wildman–Crippen LogP) is -0.561. The van der Waals surface area contributed by atoms with Gasteiger partial charge >= 0.3 is 0 Å². The highest BCUT2D eigenvalue weighted by Gasteiger charge is 2.27. The van der Waals surface area contributed by atoms with Gasteiger partial charge in [-0.05, 0) is 6.08 Å². The van der Waals surface area contributed by atoms with Gasteiger partial charge < -0.3 is 5.11 Å². The lowest BCUT2D eigenvalue weighted by molar-refractivity contribution is 0.123. The summed E-state index contributed by atoms with van der Waals surface area (Å²) in [4.78, 5) is 4.13. The Bertz CT molecular complexity index is 169. The van der Waals surface area contributed by atoms with Crippen molar-refractivity contribution in [3.05, 3.63) is 12.3 Å². The fourth-order valence-electron chi connectivity index (χ4n) is 1.18. The van der Waals surface area contributed by atoms with Gasteiger partial charge in [-0.1, -0.05) is 0 Å². The summed E-state index contributed by atoms with van der Waals surface area (Å²) in [6.45, 7) is 0. The van der Waals surface area contributed by atoms with E-state index >= 15 is 0 Å². The van der Waals surface area contributed by atoms with E-state index in [1.165, 1.54) is 0 Å². The predicted molar refractivity (Wildman–Crippen MR) is 37.0 cm³/mol. The van der Waals surface area contributed by atoms with Gasteiger partial charge in [-0.3, -0.25) is 10.0 Å². The quantitative estimate of drug-likeness (QED) is 0.473. The second kappa shape index (κ2) is 2.07. The summed E-state index contributed by atoms with van der Waals surface area (Å²) in [6.07, 6.45) is 5.78. The van der Waals surface area contributed by atoms with Crippen molar-refractivity contribution in [3.8, 4) is 0 Å². The molecule has 0 bridgehead atoms. The minimum atomic E-state index is -0.440. The summed E-state index contributed by atoms with van der Waals surface area (Å²) >= 11 is 0. The van der Waals surface area contributed by atoms with E-state index in [0.717, 1.165) is 0 Å². The van der Waals surface area contributed by atoms with Gasteiger partial charge in [-0.15, -0.1) is 0 Å². The minimum absolute atomic E-state index is 0.0972. The number of hydrazine groups is 1. The Morgan fingerprint density at radius 1 is 1.70 bits per heavy atom. The van der Waals surface area contributed by atoms with Crippen molar-refractivity contribution in [3.63, 3.8) is 0 Å². The van der Waals surface area contributed by atoms with Crippen LogP contribution in [0.15, 0.2) is 17.3 Å². The molecular weight excluding hydrogens is 130 g/mol. The Kier molecular flexibility index (Phi) is 1.22. The van der Waals surface area contributed by atoms with Crippen LogP contribution < -0.4 is 5.43 Å². The van der Waals surface area contributed by atoms with Crippen LogP contribution >= 0.6 is 0 Å². The number of hydrogen-bond donors (Lipinski definition) is 2. The lowest BCUT2D eigenvalue weighted by Crippen LogP contribution is -2.35. The molecule has 2 aliphatic rings. The van der Waals surface area contributed by atoms with E-state index in [1.807, 2.05) is 17.3 Å². The van der Waals surface area contributed by atoms with E-state index < -0.39 is 6.23 Å². The molecule has 0 aromatic rings. The van der Waals surface area contributed by atoms with Crippen molar-refractivity contribution in [1.82, 2.24) is 10.4 Å². The standard InChI is InChI=1S/C6H9N3O/c10-6-4-5-7-2-1-3-9(5)8-6/h1-3,5-6,8,10H,4H2. The molecule has 2 rings (SSSR count). The number of hydrogen-bond acceptors (Lipinski definition) is 4. The lowest BCUT2D eigenvalue weighted by Gasteiger charge is -2.19. The molecule has 2 aliphatic heterocycles. The molecule has 0 radical (unpaired) electrons. The highest BCUT2D eigenvalue weighted by atomic mass is 16.3. The van der Waals surface area contributed by atoms with Gasteiger partial charge in [-0.25, -0.2) is 5.43 Å². The van der Waals surface area contributed by atoms with Crippen LogP contribution in [-0.2, 0) is 0 Å². The maximum Gasteiger partial charge on any atom is 0.138 e. The van der Waals surface area contributed by atoms with Crippen LogP contribution in [0.1, 0.15) is 6.42 Å². The smallest absolute Gasteiger partial charge is 0.138 e. The Morgan fingerprint density at radius 3 is 3.40 bits per heavy atom. The van der Waals surface area contributed by atoms with Crippen LogP contribution in [-0.4, -0.2) is 28.7 Å². The third kappa shape index (κ3) is 0.815. The number of aliphatic hydroxyl groups excluding tert-OH is 1. The number of nitrogens with one attached hydrogen (secondary N) is 1. The molecular formula is C6H9N3O. The molecule has 1 saturated heterocycles. The highest BCUT2D eigenvalue weighted by Crippen LogP contribution is 2.15. The topological polar surface area (TPSA) is 47.9 Å². The van der Waals surface area contributed by atoms with Crippen LogP contribution in [0.5, 0.6) is 0 Å². The van der Waals surface area contributed by atoms with Crippen molar-refractivity contribution in [2.24, 2.45) is 4.99 Å². The van der Waals surface area contributed by atoms with Crippen LogP contribution in [0, 0.1) is 0 Å². The monoisotopic (exact) mass is 139 g/mol. The van der Waals surface area contributed by atoms with E-state index in [9.17, 15) is 0 Å². The molecule has 2 atom stereocenters. The van der Waals surface area contributed by atoms with Crippen molar-refractivity contribution in [2.45, 2.75) is 18.8 Å². The van der Waals surface area contributed by atoms with Crippen LogP contribution in [0.4, 0.5) is 0 Å². The Balaban J connectivity index is 2.14. The second-order valence-electron chi connectivity index (χ2n) is 2.41. The summed E-state index contributed by atoms with van der Waals surface area (Å²) < 4.78 is 0. The van der Waals surface area contributed by atoms with Crippen LogP contribution in [0.3, 0.4) is 0 Å². The Morgan fingerprint density at radius 2 is 2.60 bits per heavy atom. The molecule has 2 heterocycles. The minimum Gasteiger partial charge on any atom is -0.377 e. The van der Waals surface area contributed by atoms with Gasteiger partial charge in [0.15, 0.2) is 0 Å². The third-order valence-electron chi connectivity index (χ3n) is 1.64. The summed E-state index contributed by atoms with van der Waals surface area (Å²) in [5.74, 6) is 0. The van der Waals surface area contributed by atoms with E-state index in [0.29, 0.717) is 6.42 Å². The molecule has 54 valence electrons. The molecule has 0 aromatic carbocycles. The van der Waals surface area contributed by atoms with Crippen LogP contribution in [0.2, 0.25) is 0 Å². The average molecular weight is 139 g/mol.